The Kier molecular flexibility index (Phi) is 44.4. The van der Waals surface area contributed by atoms with Gasteiger partial charge in [-0.25, -0.2) is 0 Å². The van der Waals surface area contributed by atoms with Gasteiger partial charge in [0.25, 0.3) is 0 Å². The van der Waals surface area contributed by atoms with Crippen molar-refractivity contribution in [2.75, 3.05) is 26.4 Å². The fraction of sp³-hybridized carbons (Fsp3) is 1.00. The van der Waals surface area contributed by atoms with Crippen LogP contribution in [0.25, 0.3) is 0 Å². The van der Waals surface area contributed by atoms with Gasteiger partial charge in [-0.2, -0.15) is 0 Å². The summed E-state index contributed by atoms with van der Waals surface area (Å²) < 4.78 is 0. The minimum atomic E-state index is -0.954. The van der Waals surface area contributed by atoms with Gasteiger partial charge >= 0.3 is 51.4 Å². The number of hydrogen-bond donors (Lipinski definition) is 5. The minimum absolute atomic E-state index is 0. The standard InChI is InChI=1S/C3H8O3.C2H6O2.K.H2O/c4-1-3(6)2-5;3-1-2-4;;/h3-6H,1-2H2;3-4H,1-2H2;;1H2/q;;+1;/p-1. The molecule has 0 atom stereocenters. The molecular weight excluding hydrogens is 195 g/mol. The molecule has 6 N–H and O–H groups in total. The number of rotatable bonds is 3. The monoisotopic (exact) mass is 210 g/mol. The molecule has 0 aromatic heterocycles. The van der Waals surface area contributed by atoms with E-state index in [9.17, 15) is 0 Å². The van der Waals surface area contributed by atoms with Crippen molar-refractivity contribution in [1.29, 1.82) is 0 Å². The average molecular weight is 210 g/mol. The van der Waals surface area contributed by atoms with Crippen LogP contribution in [0.1, 0.15) is 0 Å². The van der Waals surface area contributed by atoms with Crippen molar-refractivity contribution in [3.63, 3.8) is 0 Å². The molecule has 0 aromatic carbocycles. The second-order valence-electron chi connectivity index (χ2n) is 1.47. The van der Waals surface area contributed by atoms with E-state index in [4.69, 9.17) is 25.5 Å². The molecular formula is C5H15KO6. The van der Waals surface area contributed by atoms with Crippen molar-refractivity contribution >= 4 is 0 Å². The van der Waals surface area contributed by atoms with Crippen LogP contribution in [0.3, 0.4) is 0 Å². The van der Waals surface area contributed by atoms with Crippen molar-refractivity contribution < 1.29 is 82.4 Å². The fourth-order valence-electron chi connectivity index (χ4n) is 0.0577. The summed E-state index contributed by atoms with van der Waals surface area (Å²) in [5.41, 5.74) is 0. The third-order valence-electron chi connectivity index (χ3n) is 0.521. The molecule has 0 saturated heterocycles. The van der Waals surface area contributed by atoms with Crippen molar-refractivity contribution in [2.24, 2.45) is 0 Å². The Labute approximate surface area is 114 Å². The van der Waals surface area contributed by atoms with Crippen LogP contribution in [-0.2, 0) is 0 Å². The van der Waals surface area contributed by atoms with Gasteiger partial charge in [0.1, 0.15) is 6.10 Å². The Morgan fingerprint density at radius 1 is 0.833 bits per heavy atom. The number of aliphatic hydroxyl groups is 5. The summed E-state index contributed by atoms with van der Waals surface area (Å²) in [6, 6.07) is 0. The number of aliphatic hydroxyl groups excluding tert-OH is 5. The van der Waals surface area contributed by atoms with Gasteiger partial charge in [0, 0.05) is 0 Å². The predicted molar refractivity (Wildman–Crippen MR) is 36.3 cm³/mol. The summed E-state index contributed by atoms with van der Waals surface area (Å²) in [4.78, 5) is 0. The quantitative estimate of drug-likeness (QED) is 0.295. The molecule has 0 amide bonds. The molecule has 12 heavy (non-hydrogen) atoms. The first-order chi connectivity index (χ1) is 4.72. The van der Waals surface area contributed by atoms with Gasteiger partial charge in [-0.3, -0.25) is 0 Å². The van der Waals surface area contributed by atoms with Crippen molar-refractivity contribution in [3.05, 3.63) is 0 Å². The van der Waals surface area contributed by atoms with Crippen LogP contribution in [0.2, 0.25) is 0 Å². The van der Waals surface area contributed by atoms with E-state index in [0.29, 0.717) is 0 Å². The van der Waals surface area contributed by atoms with Gasteiger partial charge in [0.05, 0.1) is 26.4 Å². The van der Waals surface area contributed by atoms with E-state index in [2.05, 4.69) is 0 Å². The smallest absolute Gasteiger partial charge is 0.870 e. The molecule has 0 heterocycles. The first-order valence-corrected chi connectivity index (χ1v) is 2.84. The molecule has 0 spiro atoms. The summed E-state index contributed by atoms with van der Waals surface area (Å²) >= 11 is 0. The third kappa shape index (κ3) is 30.1. The summed E-state index contributed by atoms with van der Waals surface area (Å²) in [7, 11) is 0. The maximum Gasteiger partial charge on any atom is 1.00 e. The van der Waals surface area contributed by atoms with Gasteiger partial charge in [-0.05, 0) is 0 Å². The summed E-state index contributed by atoms with van der Waals surface area (Å²) in [6.07, 6.45) is -0.954. The van der Waals surface area contributed by atoms with Gasteiger partial charge in [0.15, 0.2) is 0 Å². The van der Waals surface area contributed by atoms with Crippen LogP contribution in [0.4, 0.5) is 0 Å². The zero-order valence-electron chi connectivity index (χ0n) is 7.09. The molecule has 0 unspecified atom stereocenters. The first kappa shape index (κ1) is 23.3. The molecule has 0 saturated carbocycles. The van der Waals surface area contributed by atoms with E-state index < -0.39 is 6.10 Å². The molecule has 0 aromatic rings. The molecule has 7 heteroatoms. The van der Waals surface area contributed by atoms with E-state index in [1.54, 1.807) is 0 Å². The Morgan fingerprint density at radius 3 is 1.08 bits per heavy atom. The maximum absolute atomic E-state index is 8.17. The molecule has 0 aliphatic carbocycles. The third-order valence-corrected chi connectivity index (χ3v) is 0.521. The Balaban J connectivity index is -0.0000000483. The Morgan fingerprint density at radius 2 is 1.08 bits per heavy atom. The average Bonchev–Trinajstić information content (AvgIpc) is 2.03. The molecule has 72 valence electrons. The number of hydrogen-bond acceptors (Lipinski definition) is 6. The van der Waals surface area contributed by atoms with Crippen LogP contribution in [0.15, 0.2) is 0 Å². The Hall–Kier alpha value is 1.40. The molecule has 0 aliphatic rings. The van der Waals surface area contributed by atoms with Gasteiger partial charge < -0.3 is 31.0 Å². The summed E-state index contributed by atoms with van der Waals surface area (Å²) in [5, 5.41) is 39.3. The van der Waals surface area contributed by atoms with Crippen molar-refractivity contribution in [1.82, 2.24) is 0 Å². The van der Waals surface area contributed by atoms with Crippen LogP contribution in [0, 0.1) is 0 Å². The molecule has 0 fully saturated rings. The zero-order valence-corrected chi connectivity index (χ0v) is 10.2. The normalized spacial score (nSPS) is 7.50. The van der Waals surface area contributed by atoms with Gasteiger partial charge in [0.2, 0.25) is 0 Å². The second-order valence-corrected chi connectivity index (χ2v) is 1.47. The Bertz CT molecular complexity index is 49.2. The SMILES string of the molecule is OCC(O)CO.OCCO.[K+].[OH-]. The first-order valence-electron chi connectivity index (χ1n) is 2.84. The van der Waals surface area contributed by atoms with E-state index >= 15 is 0 Å². The second kappa shape index (κ2) is 22.8. The zero-order chi connectivity index (χ0) is 8.41. The summed E-state index contributed by atoms with van der Waals surface area (Å²) in [6.45, 7) is -0.979. The van der Waals surface area contributed by atoms with Crippen molar-refractivity contribution in [3.8, 4) is 0 Å². The maximum atomic E-state index is 8.17. The molecule has 0 aliphatic heterocycles. The summed E-state index contributed by atoms with van der Waals surface area (Å²) in [5.74, 6) is 0. The largest absolute Gasteiger partial charge is 1.00 e. The van der Waals surface area contributed by atoms with Gasteiger partial charge in [-0.1, -0.05) is 0 Å². The topological polar surface area (TPSA) is 131 Å². The van der Waals surface area contributed by atoms with E-state index in [1.165, 1.54) is 0 Å². The van der Waals surface area contributed by atoms with Crippen LogP contribution in [-0.4, -0.2) is 63.5 Å². The van der Waals surface area contributed by atoms with E-state index in [1.807, 2.05) is 0 Å². The van der Waals surface area contributed by atoms with Gasteiger partial charge in [-0.15, -0.1) is 0 Å². The molecule has 0 rings (SSSR count). The van der Waals surface area contributed by atoms with Crippen LogP contribution in [0.5, 0.6) is 0 Å². The minimum Gasteiger partial charge on any atom is -0.870 e. The predicted octanol–water partition coefficient (Wildman–Crippen LogP) is -5.87. The van der Waals surface area contributed by atoms with Crippen LogP contribution < -0.4 is 51.4 Å². The van der Waals surface area contributed by atoms with Crippen molar-refractivity contribution in [2.45, 2.75) is 6.10 Å². The molecule has 0 radical (unpaired) electrons. The molecule has 6 nitrogen and oxygen atoms in total. The van der Waals surface area contributed by atoms with E-state index in [0.717, 1.165) is 0 Å². The fourth-order valence-corrected chi connectivity index (χ4v) is 0.0577. The van der Waals surface area contributed by atoms with E-state index in [-0.39, 0.29) is 83.3 Å². The molecule has 0 bridgehead atoms. The van der Waals surface area contributed by atoms with Crippen LogP contribution >= 0.6 is 0 Å².